The van der Waals surface area contributed by atoms with Gasteiger partial charge in [0.25, 0.3) is 0 Å². The number of likely N-dealkylation sites (tertiary alicyclic amines) is 1. The van der Waals surface area contributed by atoms with Gasteiger partial charge in [-0.05, 0) is 64.8 Å². The van der Waals surface area contributed by atoms with Crippen molar-refractivity contribution in [3.8, 4) is 0 Å². The first-order valence-electron chi connectivity index (χ1n) is 9.44. The predicted molar refractivity (Wildman–Crippen MR) is 117 cm³/mol. The van der Waals surface area contributed by atoms with Crippen molar-refractivity contribution >= 4 is 29.9 Å². The number of piperidine rings is 1. The van der Waals surface area contributed by atoms with Crippen LogP contribution in [0.25, 0.3) is 0 Å². The second kappa shape index (κ2) is 11.1. The van der Waals surface area contributed by atoms with E-state index in [4.69, 9.17) is 4.42 Å². The molecule has 2 heterocycles. The van der Waals surface area contributed by atoms with E-state index < -0.39 is 5.60 Å². The maximum absolute atomic E-state index is 10.6. The summed E-state index contributed by atoms with van der Waals surface area (Å²) in [5.41, 5.74) is -1.11. The molecule has 1 atom stereocenters. The van der Waals surface area contributed by atoms with E-state index in [1.54, 1.807) is 6.92 Å². The normalized spacial score (nSPS) is 18.9. The van der Waals surface area contributed by atoms with Gasteiger partial charge in [0.15, 0.2) is 5.96 Å². The number of rotatable bonds is 7. The number of furan rings is 1. The Morgan fingerprint density at radius 1 is 1.35 bits per heavy atom. The number of hydrogen-bond acceptors (Lipinski definition) is 4. The summed E-state index contributed by atoms with van der Waals surface area (Å²) in [6.45, 7) is 13.2. The Morgan fingerprint density at radius 2 is 2.04 bits per heavy atom. The van der Waals surface area contributed by atoms with Gasteiger partial charge in [-0.15, -0.1) is 24.0 Å². The molecule has 7 heteroatoms. The molecule has 0 saturated carbocycles. The molecule has 0 aromatic carbocycles. The maximum Gasteiger partial charge on any atom is 0.191 e. The summed E-state index contributed by atoms with van der Waals surface area (Å²) in [4.78, 5) is 7.03. The van der Waals surface area contributed by atoms with Gasteiger partial charge >= 0.3 is 0 Å². The lowest BCUT2D eigenvalue weighted by atomic mass is 9.99. The number of halogens is 1. The summed E-state index contributed by atoms with van der Waals surface area (Å²) in [5, 5.41) is 17.2. The van der Waals surface area contributed by atoms with E-state index in [-0.39, 0.29) is 30.5 Å². The fraction of sp³-hybridized carbons (Fsp3) is 0.737. The molecule has 0 aliphatic carbocycles. The first-order chi connectivity index (χ1) is 11.9. The summed E-state index contributed by atoms with van der Waals surface area (Å²) in [6, 6.07) is 3.67. The zero-order valence-electron chi connectivity index (χ0n) is 16.5. The highest BCUT2D eigenvalue weighted by Crippen LogP contribution is 2.23. The highest BCUT2D eigenvalue weighted by molar-refractivity contribution is 14.0. The van der Waals surface area contributed by atoms with Gasteiger partial charge in [-0.2, -0.15) is 0 Å². The second-order valence-corrected chi connectivity index (χ2v) is 7.33. The largest absolute Gasteiger partial charge is 0.463 e. The lowest BCUT2D eigenvalue weighted by Crippen LogP contribution is -2.43. The molecule has 1 aromatic heterocycles. The monoisotopic (exact) mass is 478 g/mol. The first-order valence-corrected chi connectivity index (χ1v) is 9.44. The van der Waals surface area contributed by atoms with Gasteiger partial charge in [-0.25, -0.2) is 4.99 Å². The van der Waals surface area contributed by atoms with Crippen molar-refractivity contribution in [1.29, 1.82) is 0 Å². The third kappa shape index (κ3) is 7.44. The Balaban J connectivity index is 0.00000338. The van der Waals surface area contributed by atoms with Crippen LogP contribution < -0.4 is 10.6 Å². The van der Waals surface area contributed by atoms with Crippen LogP contribution >= 0.6 is 24.0 Å². The molecule has 2 rings (SSSR count). The molecule has 0 radical (unpaired) electrons. The van der Waals surface area contributed by atoms with Gasteiger partial charge in [-0.1, -0.05) is 6.92 Å². The molecular formula is C19H35IN4O2. The lowest BCUT2D eigenvalue weighted by molar-refractivity contribution is 0.0428. The third-order valence-corrected chi connectivity index (χ3v) is 4.76. The number of guanidine groups is 1. The van der Waals surface area contributed by atoms with Gasteiger partial charge < -0.3 is 25.1 Å². The Kier molecular flexibility index (Phi) is 9.95. The second-order valence-electron chi connectivity index (χ2n) is 7.33. The Morgan fingerprint density at radius 3 is 2.62 bits per heavy atom. The third-order valence-electron chi connectivity index (χ3n) is 4.76. The molecule has 1 unspecified atom stereocenters. The van der Waals surface area contributed by atoms with Crippen molar-refractivity contribution in [1.82, 2.24) is 15.5 Å². The standard InChI is InChI=1S/C19H34N4O2.HI/c1-5-20-18(21-10-13-23-11-8-15(2)9-12-23)22-14-19(4,24)17-7-6-16(3)25-17;/h6-7,15,24H,5,8-14H2,1-4H3,(H2,20,21,22);1H. The summed E-state index contributed by atoms with van der Waals surface area (Å²) in [6.07, 6.45) is 2.58. The van der Waals surface area contributed by atoms with Gasteiger partial charge in [0, 0.05) is 19.6 Å². The number of nitrogens with one attached hydrogen (secondary N) is 2. The van der Waals surface area contributed by atoms with E-state index in [0.29, 0.717) is 5.76 Å². The summed E-state index contributed by atoms with van der Waals surface area (Å²) >= 11 is 0. The fourth-order valence-corrected chi connectivity index (χ4v) is 2.99. The molecule has 0 bridgehead atoms. The molecule has 0 amide bonds. The number of aliphatic imine (C=N–C) groups is 1. The van der Waals surface area contributed by atoms with Crippen molar-refractivity contribution in [3.05, 3.63) is 23.7 Å². The van der Waals surface area contributed by atoms with E-state index in [0.717, 1.165) is 37.3 Å². The van der Waals surface area contributed by atoms with Crippen molar-refractivity contribution in [3.63, 3.8) is 0 Å². The van der Waals surface area contributed by atoms with Gasteiger partial charge in [-0.3, -0.25) is 0 Å². The number of nitrogens with zero attached hydrogens (tertiary/aromatic N) is 2. The van der Waals surface area contributed by atoms with Crippen molar-refractivity contribution in [2.45, 2.75) is 46.1 Å². The van der Waals surface area contributed by atoms with Crippen LogP contribution in [0, 0.1) is 12.8 Å². The first kappa shape index (κ1) is 23.2. The minimum atomic E-state index is -1.11. The van der Waals surface area contributed by atoms with Gasteiger partial charge in [0.05, 0.1) is 6.54 Å². The van der Waals surface area contributed by atoms with E-state index >= 15 is 0 Å². The molecule has 150 valence electrons. The highest BCUT2D eigenvalue weighted by atomic mass is 127. The number of aliphatic hydroxyl groups is 1. The molecule has 26 heavy (non-hydrogen) atoms. The van der Waals surface area contributed by atoms with E-state index in [9.17, 15) is 5.11 Å². The lowest BCUT2D eigenvalue weighted by Gasteiger charge is -2.30. The average molecular weight is 478 g/mol. The van der Waals surface area contributed by atoms with Crippen LogP contribution in [0.4, 0.5) is 0 Å². The zero-order chi connectivity index (χ0) is 18.3. The summed E-state index contributed by atoms with van der Waals surface area (Å²) in [5.74, 6) is 2.93. The predicted octanol–water partition coefficient (Wildman–Crippen LogP) is 2.70. The van der Waals surface area contributed by atoms with Crippen LogP contribution in [0.5, 0.6) is 0 Å². The van der Waals surface area contributed by atoms with E-state index in [2.05, 4.69) is 27.4 Å². The molecule has 1 aromatic rings. The number of aryl methyl sites for hydroxylation is 1. The molecule has 1 fully saturated rings. The van der Waals surface area contributed by atoms with Crippen molar-refractivity contribution in [2.24, 2.45) is 10.9 Å². The van der Waals surface area contributed by atoms with Crippen LogP contribution in [0.1, 0.15) is 45.1 Å². The quantitative estimate of drug-likeness (QED) is 0.320. The Hall–Kier alpha value is -0.800. The molecular weight excluding hydrogens is 443 g/mol. The molecule has 1 saturated heterocycles. The molecule has 1 aliphatic heterocycles. The molecule has 1 aliphatic rings. The summed E-state index contributed by atoms with van der Waals surface area (Å²) in [7, 11) is 0. The zero-order valence-corrected chi connectivity index (χ0v) is 18.9. The highest BCUT2D eigenvalue weighted by Gasteiger charge is 2.26. The van der Waals surface area contributed by atoms with Crippen LogP contribution in [0.2, 0.25) is 0 Å². The molecule has 3 N–H and O–H groups in total. The van der Waals surface area contributed by atoms with Crippen molar-refractivity contribution < 1.29 is 9.52 Å². The topological polar surface area (TPSA) is 73.0 Å². The average Bonchev–Trinajstić information content (AvgIpc) is 3.02. The van der Waals surface area contributed by atoms with Crippen LogP contribution in [-0.2, 0) is 5.60 Å². The maximum atomic E-state index is 10.6. The number of hydrogen-bond donors (Lipinski definition) is 3. The summed E-state index contributed by atoms with van der Waals surface area (Å²) < 4.78 is 5.54. The molecule has 0 spiro atoms. The SMILES string of the molecule is CCNC(=NCC(C)(O)c1ccc(C)o1)NCCN1CCC(C)CC1.I. The van der Waals surface area contributed by atoms with E-state index in [1.807, 2.05) is 26.0 Å². The van der Waals surface area contributed by atoms with Crippen LogP contribution in [0.3, 0.4) is 0 Å². The van der Waals surface area contributed by atoms with E-state index in [1.165, 1.54) is 25.9 Å². The fourth-order valence-electron chi connectivity index (χ4n) is 2.99. The minimum absolute atomic E-state index is 0. The smallest absolute Gasteiger partial charge is 0.191 e. The van der Waals surface area contributed by atoms with Gasteiger partial charge in [0.2, 0.25) is 0 Å². The van der Waals surface area contributed by atoms with Gasteiger partial charge in [0.1, 0.15) is 17.1 Å². The van der Waals surface area contributed by atoms with Crippen LogP contribution in [0.15, 0.2) is 21.5 Å². The minimum Gasteiger partial charge on any atom is -0.463 e. The van der Waals surface area contributed by atoms with Crippen molar-refractivity contribution in [2.75, 3.05) is 39.3 Å². The Bertz CT molecular complexity index is 551. The molecule has 6 nitrogen and oxygen atoms in total. The van der Waals surface area contributed by atoms with Crippen LogP contribution in [-0.4, -0.2) is 55.2 Å². The Labute approximate surface area is 174 Å².